The Hall–Kier alpha value is -3.02. The molecule has 0 spiro atoms. The lowest BCUT2D eigenvalue weighted by atomic mass is 10.1. The Labute approximate surface area is 126 Å². The lowest BCUT2D eigenvalue weighted by Gasteiger charge is -2.01. The van der Waals surface area contributed by atoms with E-state index in [1.165, 1.54) is 12.1 Å². The molecule has 0 atom stereocenters. The molecule has 0 aliphatic carbocycles. The topological polar surface area (TPSA) is 82.1 Å². The number of rotatable bonds is 3. The number of nitro groups is 1. The van der Waals surface area contributed by atoms with Gasteiger partial charge in [0.25, 0.3) is 11.6 Å². The van der Waals surface area contributed by atoms with Crippen LogP contribution in [-0.4, -0.2) is 15.1 Å². The zero-order valence-corrected chi connectivity index (χ0v) is 12.1. The van der Waals surface area contributed by atoms with Crippen molar-refractivity contribution in [1.29, 1.82) is 0 Å². The minimum absolute atomic E-state index is 0.00429. The summed E-state index contributed by atoms with van der Waals surface area (Å²) in [4.78, 5) is 14.7. The van der Waals surface area contributed by atoms with E-state index >= 15 is 0 Å². The van der Waals surface area contributed by atoms with Crippen LogP contribution in [0.15, 0.2) is 47.0 Å². The summed E-state index contributed by atoms with van der Waals surface area (Å²) in [6.45, 7) is 3.98. The van der Waals surface area contributed by atoms with E-state index in [2.05, 4.69) is 10.1 Å². The zero-order chi connectivity index (χ0) is 15.7. The van der Waals surface area contributed by atoms with Gasteiger partial charge in [0, 0.05) is 23.3 Å². The number of aromatic nitrogens is 2. The van der Waals surface area contributed by atoms with Gasteiger partial charge >= 0.3 is 0 Å². The summed E-state index contributed by atoms with van der Waals surface area (Å²) < 4.78 is 5.30. The Balaban J connectivity index is 2.00. The van der Waals surface area contributed by atoms with Crippen LogP contribution >= 0.6 is 0 Å². The van der Waals surface area contributed by atoms with E-state index in [0.717, 1.165) is 16.7 Å². The average Bonchev–Trinajstić information content (AvgIpc) is 2.97. The van der Waals surface area contributed by atoms with Crippen molar-refractivity contribution < 1.29 is 9.45 Å². The van der Waals surface area contributed by atoms with Gasteiger partial charge in [0.1, 0.15) is 0 Å². The molecule has 3 rings (SSSR count). The van der Waals surface area contributed by atoms with Crippen LogP contribution in [0.1, 0.15) is 11.1 Å². The number of non-ortho nitro benzene ring substituents is 1. The minimum Gasteiger partial charge on any atom is -0.334 e. The zero-order valence-electron chi connectivity index (χ0n) is 12.1. The molecule has 0 bridgehead atoms. The summed E-state index contributed by atoms with van der Waals surface area (Å²) in [7, 11) is 0. The summed E-state index contributed by atoms with van der Waals surface area (Å²) in [6, 6.07) is 12.1. The second-order valence-electron chi connectivity index (χ2n) is 5.05. The summed E-state index contributed by atoms with van der Waals surface area (Å²) in [5, 5.41) is 14.7. The molecular formula is C16H13N3O3. The fourth-order valence-corrected chi connectivity index (χ4v) is 2.26. The second-order valence-corrected chi connectivity index (χ2v) is 5.05. The van der Waals surface area contributed by atoms with Gasteiger partial charge in [-0.05, 0) is 25.5 Å². The normalized spacial score (nSPS) is 10.6. The molecule has 0 aliphatic heterocycles. The maximum Gasteiger partial charge on any atom is 0.270 e. The van der Waals surface area contributed by atoms with Gasteiger partial charge in [0.2, 0.25) is 5.82 Å². The van der Waals surface area contributed by atoms with Crippen LogP contribution in [0.5, 0.6) is 0 Å². The Morgan fingerprint density at radius 2 is 1.95 bits per heavy atom. The van der Waals surface area contributed by atoms with Gasteiger partial charge in [-0.25, -0.2) is 0 Å². The van der Waals surface area contributed by atoms with Crippen LogP contribution in [0.4, 0.5) is 5.69 Å². The first-order valence-corrected chi connectivity index (χ1v) is 6.71. The molecule has 3 aromatic rings. The third-order valence-corrected chi connectivity index (χ3v) is 3.35. The quantitative estimate of drug-likeness (QED) is 0.540. The van der Waals surface area contributed by atoms with E-state index in [0.29, 0.717) is 17.3 Å². The Morgan fingerprint density at radius 3 is 2.68 bits per heavy atom. The molecule has 0 unspecified atom stereocenters. The second kappa shape index (κ2) is 5.40. The Bertz CT molecular complexity index is 855. The Kier molecular flexibility index (Phi) is 3.42. The summed E-state index contributed by atoms with van der Waals surface area (Å²) in [6.07, 6.45) is 0. The molecule has 6 heteroatoms. The van der Waals surface area contributed by atoms with E-state index in [1.54, 1.807) is 12.1 Å². The van der Waals surface area contributed by atoms with E-state index in [-0.39, 0.29) is 5.69 Å². The highest BCUT2D eigenvalue weighted by Crippen LogP contribution is 2.26. The van der Waals surface area contributed by atoms with Crippen LogP contribution in [-0.2, 0) is 0 Å². The van der Waals surface area contributed by atoms with Gasteiger partial charge in [0.05, 0.1) is 4.92 Å². The number of hydrogen-bond donors (Lipinski definition) is 0. The largest absolute Gasteiger partial charge is 0.334 e. The van der Waals surface area contributed by atoms with Crippen LogP contribution in [0.2, 0.25) is 0 Å². The van der Waals surface area contributed by atoms with Crippen molar-refractivity contribution in [3.05, 3.63) is 63.7 Å². The molecule has 0 saturated carbocycles. The first-order chi connectivity index (χ1) is 10.5. The standard InChI is InChI=1S/C16H13N3O3/c1-10-6-7-14(11(2)8-10)16-17-15(18-22-16)12-4-3-5-13(9-12)19(20)21/h3-9H,1-2H3. The third-order valence-electron chi connectivity index (χ3n) is 3.35. The van der Waals surface area contributed by atoms with Crippen molar-refractivity contribution in [1.82, 2.24) is 10.1 Å². The molecule has 1 aromatic heterocycles. The highest BCUT2D eigenvalue weighted by molar-refractivity contribution is 5.64. The first-order valence-electron chi connectivity index (χ1n) is 6.71. The highest BCUT2D eigenvalue weighted by atomic mass is 16.6. The summed E-state index contributed by atoms with van der Waals surface area (Å²) in [5.41, 5.74) is 3.59. The van der Waals surface area contributed by atoms with E-state index in [4.69, 9.17) is 4.52 Å². The molecule has 22 heavy (non-hydrogen) atoms. The van der Waals surface area contributed by atoms with Crippen molar-refractivity contribution in [2.24, 2.45) is 0 Å². The van der Waals surface area contributed by atoms with Crippen LogP contribution in [0, 0.1) is 24.0 Å². The summed E-state index contributed by atoms with van der Waals surface area (Å²) in [5.74, 6) is 0.734. The molecule has 6 nitrogen and oxygen atoms in total. The molecule has 2 aromatic carbocycles. The molecule has 0 saturated heterocycles. The molecule has 0 fully saturated rings. The van der Waals surface area contributed by atoms with Crippen molar-refractivity contribution in [2.75, 3.05) is 0 Å². The van der Waals surface area contributed by atoms with E-state index < -0.39 is 4.92 Å². The number of hydrogen-bond acceptors (Lipinski definition) is 5. The molecule has 0 aliphatic rings. The minimum atomic E-state index is -0.450. The van der Waals surface area contributed by atoms with Crippen LogP contribution in [0.3, 0.4) is 0 Å². The predicted octanol–water partition coefficient (Wildman–Crippen LogP) is 3.93. The lowest BCUT2D eigenvalue weighted by molar-refractivity contribution is -0.384. The predicted molar refractivity (Wildman–Crippen MR) is 81.3 cm³/mol. The maximum atomic E-state index is 10.8. The fraction of sp³-hybridized carbons (Fsp3) is 0.125. The van der Waals surface area contributed by atoms with E-state index in [9.17, 15) is 10.1 Å². The molecule has 0 amide bonds. The maximum absolute atomic E-state index is 10.8. The number of aryl methyl sites for hydroxylation is 2. The van der Waals surface area contributed by atoms with Gasteiger partial charge in [-0.3, -0.25) is 10.1 Å². The SMILES string of the molecule is Cc1ccc(-c2nc(-c3cccc([N+](=O)[O-])c3)no2)c(C)c1. The Morgan fingerprint density at radius 1 is 1.14 bits per heavy atom. The summed E-state index contributed by atoms with van der Waals surface area (Å²) >= 11 is 0. The molecule has 1 heterocycles. The van der Waals surface area contributed by atoms with Crippen molar-refractivity contribution in [3.8, 4) is 22.8 Å². The van der Waals surface area contributed by atoms with Crippen LogP contribution < -0.4 is 0 Å². The van der Waals surface area contributed by atoms with Gasteiger partial charge < -0.3 is 4.52 Å². The van der Waals surface area contributed by atoms with Gasteiger partial charge in [-0.2, -0.15) is 4.98 Å². The van der Waals surface area contributed by atoms with E-state index in [1.807, 2.05) is 32.0 Å². The van der Waals surface area contributed by atoms with Gasteiger partial charge in [-0.15, -0.1) is 0 Å². The van der Waals surface area contributed by atoms with Crippen molar-refractivity contribution in [3.63, 3.8) is 0 Å². The average molecular weight is 295 g/mol. The third kappa shape index (κ3) is 2.58. The van der Waals surface area contributed by atoms with Gasteiger partial charge in [-0.1, -0.05) is 35.0 Å². The first kappa shape index (κ1) is 13.9. The van der Waals surface area contributed by atoms with Crippen molar-refractivity contribution >= 4 is 5.69 Å². The fourth-order valence-electron chi connectivity index (χ4n) is 2.26. The number of nitrogens with zero attached hydrogens (tertiary/aromatic N) is 3. The lowest BCUT2D eigenvalue weighted by Crippen LogP contribution is -1.89. The monoisotopic (exact) mass is 295 g/mol. The highest BCUT2D eigenvalue weighted by Gasteiger charge is 2.14. The van der Waals surface area contributed by atoms with Crippen molar-refractivity contribution in [2.45, 2.75) is 13.8 Å². The number of nitro benzene ring substituents is 1. The molecule has 0 N–H and O–H groups in total. The van der Waals surface area contributed by atoms with Gasteiger partial charge in [0.15, 0.2) is 0 Å². The number of benzene rings is 2. The molecular weight excluding hydrogens is 282 g/mol. The smallest absolute Gasteiger partial charge is 0.270 e. The van der Waals surface area contributed by atoms with Crippen LogP contribution in [0.25, 0.3) is 22.8 Å². The molecule has 110 valence electrons. The molecule has 0 radical (unpaired) electrons.